The van der Waals surface area contributed by atoms with E-state index in [9.17, 15) is 4.79 Å². The summed E-state index contributed by atoms with van der Waals surface area (Å²) in [7, 11) is 1.57. The topological polar surface area (TPSA) is 69.6 Å². The zero-order chi connectivity index (χ0) is 17.8. The first kappa shape index (κ1) is 16.4. The number of benzene rings is 2. The van der Waals surface area contributed by atoms with Gasteiger partial charge in [-0.2, -0.15) is 10.5 Å². The van der Waals surface area contributed by atoms with E-state index >= 15 is 0 Å². The van der Waals surface area contributed by atoms with Crippen LogP contribution in [0.15, 0.2) is 59.4 Å². The summed E-state index contributed by atoms with van der Waals surface area (Å²) in [6.07, 6.45) is 1.79. The molecule has 0 radical (unpaired) electrons. The minimum atomic E-state index is -0.215. The summed E-state index contributed by atoms with van der Waals surface area (Å²) < 4.78 is 2.21. The maximum atomic E-state index is 12.4. The van der Waals surface area contributed by atoms with Gasteiger partial charge in [-0.25, -0.2) is 0 Å². The van der Waals surface area contributed by atoms with Crippen LogP contribution >= 0.6 is 11.3 Å². The zero-order valence-corrected chi connectivity index (χ0v) is 14.2. The molecule has 0 atom stereocenters. The Kier molecular flexibility index (Phi) is 4.61. The molecular weight excluding hydrogens is 330 g/mol. The number of hydrogen-bond donors (Lipinski definition) is 0. The van der Waals surface area contributed by atoms with Gasteiger partial charge in [0.15, 0.2) is 5.57 Å². The third-order valence-corrected chi connectivity index (χ3v) is 4.94. The van der Waals surface area contributed by atoms with E-state index in [1.165, 1.54) is 4.57 Å². The molecular formula is C20H13N3OS. The second-order valence-electron chi connectivity index (χ2n) is 5.37. The molecule has 0 fully saturated rings. The van der Waals surface area contributed by atoms with Gasteiger partial charge in [-0.15, -0.1) is 11.3 Å². The van der Waals surface area contributed by atoms with Gasteiger partial charge < -0.3 is 4.57 Å². The van der Waals surface area contributed by atoms with Crippen molar-refractivity contribution >= 4 is 23.0 Å². The smallest absolute Gasteiger partial charge is 0.268 e. The highest BCUT2D eigenvalue weighted by molar-refractivity contribution is 7.07. The molecule has 2 aromatic carbocycles. The monoisotopic (exact) mass is 343 g/mol. The average Bonchev–Trinajstić information content (AvgIpc) is 2.92. The molecule has 25 heavy (non-hydrogen) atoms. The van der Waals surface area contributed by atoms with E-state index in [0.29, 0.717) is 9.20 Å². The predicted octanol–water partition coefficient (Wildman–Crippen LogP) is 2.14. The first-order chi connectivity index (χ1) is 12.1. The molecule has 0 saturated carbocycles. The third kappa shape index (κ3) is 3.28. The van der Waals surface area contributed by atoms with Crippen LogP contribution in [0.2, 0.25) is 0 Å². The van der Waals surface area contributed by atoms with Gasteiger partial charge in [0.1, 0.15) is 16.8 Å². The van der Waals surface area contributed by atoms with Crippen LogP contribution in [0.5, 0.6) is 0 Å². The van der Waals surface area contributed by atoms with Crippen molar-refractivity contribution in [1.82, 2.24) is 4.57 Å². The Morgan fingerprint density at radius 2 is 1.72 bits per heavy atom. The van der Waals surface area contributed by atoms with Gasteiger partial charge in [0.2, 0.25) is 0 Å². The summed E-state index contributed by atoms with van der Waals surface area (Å²) >= 11 is 1.15. The highest BCUT2D eigenvalue weighted by Gasteiger charge is 2.06. The van der Waals surface area contributed by atoms with Gasteiger partial charge in [0.05, 0.1) is 4.53 Å². The Labute approximate surface area is 148 Å². The van der Waals surface area contributed by atoms with Crippen LogP contribution in [0.25, 0.3) is 22.8 Å². The maximum absolute atomic E-state index is 12.4. The summed E-state index contributed by atoms with van der Waals surface area (Å²) in [5.74, 6) is 0. The molecule has 0 saturated heterocycles. The lowest BCUT2D eigenvalue weighted by Crippen LogP contribution is -2.29. The van der Waals surface area contributed by atoms with Crippen LogP contribution in [-0.4, -0.2) is 4.57 Å². The van der Waals surface area contributed by atoms with Crippen molar-refractivity contribution in [2.45, 2.75) is 0 Å². The molecule has 5 heteroatoms. The van der Waals surface area contributed by atoms with Crippen LogP contribution in [0.3, 0.4) is 0 Å². The largest absolute Gasteiger partial charge is 0.300 e. The van der Waals surface area contributed by atoms with Gasteiger partial charge in [-0.3, -0.25) is 4.79 Å². The van der Waals surface area contributed by atoms with Crippen LogP contribution < -0.4 is 14.8 Å². The number of nitriles is 2. The molecule has 0 unspecified atom stereocenters. The Morgan fingerprint density at radius 1 is 1.04 bits per heavy atom. The molecule has 0 spiro atoms. The SMILES string of the molecule is Cn1c(=C(C#N)C#N)sc(=Cc2cccc(-c3ccccc3)c2)c1=O. The molecule has 3 aromatic rings. The van der Waals surface area contributed by atoms with E-state index in [1.807, 2.05) is 66.7 Å². The zero-order valence-electron chi connectivity index (χ0n) is 13.4. The molecule has 0 amide bonds. The van der Waals surface area contributed by atoms with E-state index in [0.717, 1.165) is 28.0 Å². The fraction of sp³-hybridized carbons (Fsp3) is 0.0500. The Morgan fingerprint density at radius 3 is 2.40 bits per heavy atom. The van der Waals surface area contributed by atoms with Crippen LogP contribution in [0.1, 0.15) is 5.56 Å². The van der Waals surface area contributed by atoms with Crippen LogP contribution in [0.4, 0.5) is 0 Å². The lowest BCUT2D eigenvalue weighted by atomic mass is 10.0. The average molecular weight is 343 g/mol. The Hall–Kier alpha value is -3.41. The van der Waals surface area contributed by atoms with Crippen molar-refractivity contribution in [2.75, 3.05) is 0 Å². The summed E-state index contributed by atoms with van der Waals surface area (Å²) in [6.45, 7) is 0. The van der Waals surface area contributed by atoms with Crippen LogP contribution in [-0.2, 0) is 7.05 Å². The van der Waals surface area contributed by atoms with E-state index in [2.05, 4.69) is 0 Å². The molecule has 0 aliphatic heterocycles. The van der Waals surface area contributed by atoms with Gasteiger partial charge in [-0.05, 0) is 28.8 Å². The second kappa shape index (κ2) is 7.00. The van der Waals surface area contributed by atoms with Gasteiger partial charge in [0, 0.05) is 7.05 Å². The highest BCUT2D eigenvalue weighted by atomic mass is 32.1. The number of rotatable bonds is 2. The lowest BCUT2D eigenvalue weighted by molar-refractivity contribution is 0.855. The van der Waals surface area contributed by atoms with Crippen LogP contribution in [0, 0.1) is 22.7 Å². The Balaban J connectivity index is 2.17. The summed E-state index contributed by atoms with van der Waals surface area (Å²) in [6, 6.07) is 21.5. The van der Waals surface area contributed by atoms with Gasteiger partial charge >= 0.3 is 0 Å². The fourth-order valence-corrected chi connectivity index (χ4v) is 3.54. The number of nitrogens with zero attached hydrogens (tertiary/aromatic N) is 3. The first-order valence-corrected chi connectivity index (χ1v) is 8.33. The fourth-order valence-electron chi connectivity index (χ4n) is 2.49. The number of aromatic nitrogens is 1. The van der Waals surface area contributed by atoms with Crippen molar-refractivity contribution < 1.29 is 0 Å². The second-order valence-corrected chi connectivity index (χ2v) is 6.40. The molecule has 0 N–H and O–H groups in total. The molecule has 0 aliphatic rings. The van der Waals surface area contributed by atoms with Crippen molar-refractivity contribution in [3.8, 4) is 23.3 Å². The maximum Gasteiger partial charge on any atom is 0.268 e. The summed E-state index contributed by atoms with van der Waals surface area (Å²) in [5.41, 5.74) is 2.78. The standard InChI is InChI=1S/C20H13N3OS/c1-23-19(24)18(25-20(23)17(12-21)13-22)11-14-6-5-9-16(10-14)15-7-3-2-4-8-15/h2-11H,1H3. The lowest BCUT2D eigenvalue weighted by Gasteiger charge is -2.02. The molecule has 1 aromatic heterocycles. The highest BCUT2D eigenvalue weighted by Crippen LogP contribution is 2.20. The van der Waals surface area contributed by atoms with Crippen molar-refractivity contribution in [1.29, 1.82) is 10.5 Å². The number of hydrogen-bond acceptors (Lipinski definition) is 4. The minimum absolute atomic E-state index is 0.0534. The van der Waals surface area contributed by atoms with Crippen molar-refractivity contribution in [3.63, 3.8) is 0 Å². The predicted molar refractivity (Wildman–Crippen MR) is 98.9 cm³/mol. The summed E-state index contributed by atoms with van der Waals surface area (Å²) in [5, 5.41) is 18.1. The number of thiazole rings is 1. The van der Waals surface area contributed by atoms with Gasteiger partial charge in [0.25, 0.3) is 5.56 Å². The quantitative estimate of drug-likeness (QED) is 0.716. The normalized spacial score (nSPS) is 10.9. The minimum Gasteiger partial charge on any atom is -0.300 e. The molecule has 0 bridgehead atoms. The Bertz CT molecular complexity index is 1170. The van der Waals surface area contributed by atoms with E-state index in [4.69, 9.17) is 10.5 Å². The van der Waals surface area contributed by atoms with E-state index < -0.39 is 0 Å². The first-order valence-electron chi connectivity index (χ1n) is 7.51. The van der Waals surface area contributed by atoms with Crippen molar-refractivity contribution in [2.24, 2.45) is 7.05 Å². The van der Waals surface area contributed by atoms with Crippen molar-refractivity contribution in [3.05, 3.63) is 79.7 Å². The molecule has 3 rings (SSSR count). The molecule has 4 nitrogen and oxygen atoms in total. The van der Waals surface area contributed by atoms with Gasteiger partial charge in [-0.1, -0.05) is 48.5 Å². The summed E-state index contributed by atoms with van der Waals surface area (Å²) in [4.78, 5) is 12.4. The molecule has 0 aliphatic carbocycles. The third-order valence-electron chi connectivity index (χ3n) is 3.76. The molecule has 1 heterocycles. The molecule has 120 valence electrons. The van der Waals surface area contributed by atoms with E-state index in [1.54, 1.807) is 13.1 Å². The van der Waals surface area contributed by atoms with E-state index in [-0.39, 0.29) is 11.1 Å².